The molecule has 0 aliphatic rings. The Morgan fingerprint density at radius 1 is 0.893 bits per heavy atom. The number of rotatable bonds is 6. The fourth-order valence-electron chi connectivity index (χ4n) is 3.19. The molecule has 0 aliphatic carbocycles. The fourth-order valence-corrected chi connectivity index (χ4v) is 3.19. The van der Waals surface area contributed by atoms with Gasteiger partial charge < -0.3 is 24.1 Å². The molecule has 28 heavy (non-hydrogen) atoms. The fraction of sp³-hybridized carbons (Fsp3) is 0.421. The molecule has 1 unspecified atom stereocenters. The summed E-state index contributed by atoms with van der Waals surface area (Å²) in [6.07, 6.45) is -5.42. The lowest BCUT2D eigenvalue weighted by molar-refractivity contribution is -0.139. The molecule has 6 nitrogen and oxygen atoms in total. The van der Waals surface area contributed by atoms with Crippen LogP contribution in [-0.2, 0) is 6.18 Å². The van der Waals surface area contributed by atoms with E-state index < -0.39 is 23.4 Å². The number of hydrogen-bond donors (Lipinski definition) is 1. The minimum Gasteiger partial charge on any atom is -0.493 e. The van der Waals surface area contributed by atoms with Gasteiger partial charge in [0, 0.05) is 11.8 Å². The SMILES string of the molecule is COc1cc(C)c(C(O)c2c(OC)ncc(C)c2C(F)(F)F)c(OC)c1OC. The van der Waals surface area contributed by atoms with Crippen LogP contribution in [0.15, 0.2) is 12.3 Å². The van der Waals surface area contributed by atoms with Gasteiger partial charge in [0.05, 0.1) is 39.6 Å². The third-order valence-electron chi connectivity index (χ3n) is 4.37. The third kappa shape index (κ3) is 3.66. The van der Waals surface area contributed by atoms with Gasteiger partial charge in [-0.2, -0.15) is 13.2 Å². The molecule has 9 heteroatoms. The molecule has 0 amide bonds. The Balaban J connectivity index is 2.88. The van der Waals surface area contributed by atoms with Gasteiger partial charge >= 0.3 is 6.18 Å². The number of aliphatic hydroxyl groups excluding tert-OH is 1. The maximum atomic E-state index is 13.8. The minimum atomic E-state index is -4.73. The molecule has 1 aromatic heterocycles. The highest BCUT2D eigenvalue weighted by Crippen LogP contribution is 2.49. The van der Waals surface area contributed by atoms with Crippen LogP contribution >= 0.6 is 0 Å². The monoisotopic (exact) mass is 401 g/mol. The normalized spacial score (nSPS) is 12.5. The largest absolute Gasteiger partial charge is 0.493 e. The van der Waals surface area contributed by atoms with E-state index in [0.29, 0.717) is 11.3 Å². The van der Waals surface area contributed by atoms with E-state index >= 15 is 0 Å². The van der Waals surface area contributed by atoms with E-state index in [1.165, 1.54) is 35.4 Å². The lowest BCUT2D eigenvalue weighted by Crippen LogP contribution is -2.18. The summed E-state index contributed by atoms with van der Waals surface area (Å²) in [4.78, 5) is 3.90. The Kier molecular flexibility index (Phi) is 6.28. The van der Waals surface area contributed by atoms with E-state index in [9.17, 15) is 18.3 Å². The van der Waals surface area contributed by atoms with Crippen molar-refractivity contribution in [3.63, 3.8) is 0 Å². The number of alkyl halides is 3. The Bertz CT molecular complexity index is 868. The van der Waals surface area contributed by atoms with Crippen LogP contribution in [0.4, 0.5) is 13.2 Å². The topological polar surface area (TPSA) is 70.0 Å². The van der Waals surface area contributed by atoms with Crippen molar-refractivity contribution in [2.75, 3.05) is 28.4 Å². The van der Waals surface area contributed by atoms with E-state index in [4.69, 9.17) is 18.9 Å². The predicted octanol–water partition coefficient (Wildman–Crippen LogP) is 3.83. The number of aromatic nitrogens is 1. The van der Waals surface area contributed by atoms with E-state index in [1.807, 2.05) is 0 Å². The molecule has 0 saturated heterocycles. The molecule has 1 aromatic carbocycles. The molecule has 2 rings (SSSR count). The van der Waals surface area contributed by atoms with Crippen molar-refractivity contribution in [3.05, 3.63) is 40.1 Å². The first-order valence-electron chi connectivity index (χ1n) is 8.20. The highest BCUT2D eigenvalue weighted by atomic mass is 19.4. The van der Waals surface area contributed by atoms with Gasteiger partial charge in [0.2, 0.25) is 11.6 Å². The average molecular weight is 401 g/mol. The molecule has 1 N–H and O–H groups in total. The highest BCUT2D eigenvalue weighted by molar-refractivity contribution is 5.62. The van der Waals surface area contributed by atoms with Crippen LogP contribution in [0.3, 0.4) is 0 Å². The van der Waals surface area contributed by atoms with Crippen molar-refractivity contribution in [2.24, 2.45) is 0 Å². The van der Waals surface area contributed by atoms with Gasteiger partial charge in [0.15, 0.2) is 11.5 Å². The molecule has 1 heterocycles. The quantitative estimate of drug-likeness (QED) is 0.793. The molecule has 0 radical (unpaired) electrons. The summed E-state index contributed by atoms with van der Waals surface area (Å²) >= 11 is 0. The van der Waals surface area contributed by atoms with Crippen molar-refractivity contribution >= 4 is 0 Å². The van der Waals surface area contributed by atoms with Crippen LogP contribution < -0.4 is 18.9 Å². The Morgan fingerprint density at radius 3 is 1.96 bits per heavy atom. The van der Waals surface area contributed by atoms with E-state index in [1.54, 1.807) is 13.0 Å². The second-order valence-corrected chi connectivity index (χ2v) is 6.02. The van der Waals surface area contributed by atoms with Crippen molar-refractivity contribution in [3.8, 4) is 23.1 Å². The zero-order valence-corrected chi connectivity index (χ0v) is 16.4. The average Bonchev–Trinajstić information content (AvgIpc) is 2.64. The Hall–Kier alpha value is -2.68. The molecule has 0 bridgehead atoms. The van der Waals surface area contributed by atoms with Crippen LogP contribution in [0.25, 0.3) is 0 Å². The number of aliphatic hydroxyl groups is 1. The third-order valence-corrected chi connectivity index (χ3v) is 4.37. The summed E-state index contributed by atoms with van der Waals surface area (Å²) in [7, 11) is 5.29. The molecule has 0 aliphatic heterocycles. The zero-order chi connectivity index (χ0) is 21.2. The summed E-state index contributed by atoms with van der Waals surface area (Å²) in [6, 6.07) is 1.54. The number of halogens is 3. The molecule has 154 valence electrons. The number of pyridine rings is 1. The molecular weight excluding hydrogens is 379 g/mol. The summed E-state index contributed by atoms with van der Waals surface area (Å²) < 4.78 is 62.2. The summed E-state index contributed by atoms with van der Waals surface area (Å²) in [6.45, 7) is 2.89. The van der Waals surface area contributed by atoms with E-state index in [0.717, 1.165) is 6.20 Å². The summed E-state index contributed by atoms with van der Waals surface area (Å²) in [5, 5.41) is 11.1. The zero-order valence-electron chi connectivity index (χ0n) is 16.4. The first-order valence-corrected chi connectivity index (χ1v) is 8.20. The molecule has 0 saturated carbocycles. The second kappa shape index (κ2) is 8.14. The lowest BCUT2D eigenvalue weighted by Gasteiger charge is -2.25. The molecule has 0 fully saturated rings. The number of benzene rings is 1. The maximum Gasteiger partial charge on any atom is 0.417 e. The number of aryl methyl sites for hydroxylation is 2. The van der Waals surface area contributed by atoms with Gasteiger partial charge in [-0.15, -0.1) is 0 Å². The molecule has 1 atom stereocenters. The number of methoxy groups -OCH3 is 4. The summed E-state index contributed by atoms with van der Waals surface area (Å²) in [5.41, 5.74) is -1.11. The first-order chi connectivity index (χ1) is 13.1. The smallest absolute Gasteiger partial charge is 0.417 e. The van der Waals surface area contributed by atoms with Gasteiger partial charge in [0.1, 0.15) is 6.10 Å². The van der Waals surface area contributed by atoms with Gasteiger partial charge in [-0.05, 0) is 31.0 Å². The molecular formula is C19H22F3NO5. The van der Waals surface area contributed by atoms with Gasteiger partial charge in [-0.25, -0.2) is 4.98 Å². The van der Waals surface area contributed by atoms with Gasteiger partial charge in [0.25, 0.3) is 0 Å². The highest BCUT2D eigenvalue weighted by Gasteiger charge is 2.41. The number of ether oxygens (including phenoxy) is 4. The lowest BCUT2D eigenvalue weighted by atomic mass is 9.91. The Labute approximate surface area is 160 Å². The van der Waals surface area contributed by atoms with Crippen molar-refractivity contribution in [1.82, 2.24) is 4.98 Å². The van der Waals surface area contributed by atoms with E-state index in [2.05, 4.69) is 4.98 Å². The maximum absolute atomic E-state index is 13.8. The van der Waals surface area contributed by atoms with Gasteiger partial charge in [-0.3, -0.25) is 0 Å². The second-order valence-electron chi connectivity index (χ2n) is 6.02. The van der Waals surface area contributed by atoms with Crippen LogP contribution in [0.5, 0.6) is 23.1 Å². The number of nitrogens with zero attached hydrogens (tertiary/aromatic N) is 1. The predicted molar refractivity (Wildman–Crippen MR) is 95.4 cm³/mol. The van der Waals surface area contributed by atoms with Crippen LogP contribution in [0, 0.1) is 13.8 Å². The van der Waals surface area contributed by atoms with Crippen LogP contribution in [0.2, 0.25) is 0 Å². The Morgan fingerprint density at radius 2 is 1.50 bits per heavy atom. The minimum absolute atomic E-state index is 0.0588. The van der Waals surface area contributed by atoms with Gasteiger partial charge in [-0.1, -0.05) is 0 Å². The standard InChI is InChI=1S/C19H22F3NO5/c1-9-7-11(25-3)16(26-4)17(27-5)12(9)15(24)13-14(19(20,21)22)10(2)8-23-18(13)28-6/h7-8,15,24H,1-6H3. The molecule has 0 spiro atoms. The molecule has 2 aromatic rings. The van der Waals surface area contributed by atoms with E-state index in [-0.39, 0.29) is 28.5 Å². The van der Waals surface area contributed by atoms with Crippen molar-refractivity contribution in [1.29, 1.82) is 0 Å². The van der Waals surface area contributed by atoms with Crippen molar-refractivity contribution < 1.29 is 37.2 Å². The van der Waals surface area contributed by atoms with Crippen LogP contribution in [-0.4, -0.2) is 38.5 Å². The van der Waals surface area contributed by atoms with Crippen molar-refractivity contribution in [2.45, 2.75) is 26.1 Å². The summed E-state index contributed by atoms with van der Waals surface area (Å²) in [5.74, 6) is 0.196. The van der Waals surface area contributed by atoms with Crippen LogP contribution in [0.1, 0.15) is 33.9 Å². The number of hydrogen-bond acceptors (Lipinski definition) is 6. The first kappa shape index (κ1) is 21.6.